The molecule has 13 heavy (non-hydrogen) atoms. The third kappa shape index (κ3) is 5.54. The molecule has 0 unspecified atom stereocenters. The van der Waals surface area contributed by atoms with Crippen molar-refractivity contribution in [1.82, 2.24) is 9.97 Å². The van der Waals surface area contributed by atoms with Crippen molar-refractivity contribution in [2.45, 2.75) is 0 Å². The molecule has 0 aliphatic heterocycles. The summed E-state index contributed by atoms with van der Waals surface area (Å²) in [5, 5.41) is 0. The Balaban J connectivity index is 0.000000243. The summed E-state index contributed by atoms with van der Waals surface area (Å²) in [6.45, 7) is 0. The van der Waals surface area contributed by atoms with Crippen LogP contribution in [0, 0.1) is 0 Å². The lowest BCUT2D eigenvalue weighted by molar-refractivity contribution is 0.178. The standard InChI is InChI=1S/C3H4N2.C3H9O4P/c1-2-5-3-4-1;1-5-8(4,6-2)7-3/h1-3H,(H,4,5);1-3H3. The molecule has 0 aliphatic rings. The number of phosphoric acid groups is 1. The van der Waals surface area contributed by atoms with Crippen molar-refractivity contribution in [2.24, 2.45) is 0 Å². The van der Waals surface area contributed by atoms with Gasteiger partial charge in [0.2, 0.25) is 0 Å². The van der Waals surface area contributed by atoms with Crippen LogP contribution in [-0.2, 0) is 18.1 Å². The second-order valence-corrected chi connectivity index (χ2v) is 3.75. The molecule has 1 aromatic heterocycles. The van der Waals surface area contributed by atoms with E-state index >= 15 is 0 Å². The first kappa shape index (κ1) is 12.3. The third-order valence-electron chi connectivity index (χ3n) is 1.08. The lowest BCUT2D eigenvalue weighted by Crippen LogP contribution is -1.88. The van der Waals surface area contributed by atoms with Crippen LogP contribution in [-0.4, -0.2) is 31.3 Å². The molecule has 0 amide bonds. The van der Waals surface area contributed by atoms with Crippen LogP contribution in [0.25, 0.3) is 0 Å². The van der Waals surface area contributed by atoms with E-state index in [2.05, 4.69) is 23.5 Å². The zero-order valence-corrected chi connectivity index (χ0v) is 8.65. The topological polar surface area (TPSA) is 73.4 Å². The first-order valence-corrected chi connectivity index (χ1v) is 4.84. The Morgan fingerprint density at radius 3 is 1.85 bits per heavy atom. The molecule has 0 atom stereocenters. The highest BCUT2D eigenvalue weighted by molar-refractivity contribution is 7.48. The summed E-state index contributed by atoms with van der Waals surface area (Å²) in [5.41, 5.74) is 0. The summed E-state index contributed by atoms with van der Waals surface area (Å²) < 4.78 is 23.7. The molecule has 6 nitrogen and oxygen atoms in total. The van der Waals surface area contributed by atoms with Crippen molar-refractivity contribution in [2.75, 3.05) is 21.3 Å². The Kier molecular flexibility index (Phi) is 6.44. The Hall–Kier alpha value is -0.680. The van der Waals surface area contributed by atoms with Crippen molar-refractivity contribution in [1.29, 1.82) is 0 Å². The maximum absolute atomic E-state index is 10.7. The third-order valence-corrected chi connectivity index (χ3v) is 2.42. The maximum atomic E-state index is 10.7. The lowest BCUT2D eigenvalue weighted by Gasteiger charge is -2.08. The highest BCUT2D eigenvalue weighted by atomic mass is 31.2. The van der Waals surface area contributed by atoms with E-state index < -0.39 is 7.82 Å². The number of H-pyrrole nitrogens is 1. The molecule has 0 bridgehead atoms. The zero-order chi connectivity index (χ0) is 10.2. The number of rotatable bonds is 3. The fourth-order valence-corrected chi connectivity index (χ4v) is 0.886. The fourth-order valence-electron chi connectivity index (χ4n) is 0.439. The van der Waals surface area contributed by atoms with Crippen LogP contribution >= 0.6 is 7.82 Å². The normalized spacial score (nSPS) is 10.4. The largest absolute Gasteiger partial charge is 0.473 e. The van der Waals surface area contributed by atoms with Gasteiger partial charge in [-0.15, -0.1) is 0 Å². The summed E-state index contributed by atoms with van der Waals surface area (Å²) >= 11 is 0. The van der Waals surface area contributed by atoms with E-state index in [-0.39, 0.29) is 0 Å². The molecule has 0 radical (unpaired) electrons. The molecule has 76 valence electrons. The molecule has 1 heterocycles. The molecule has 0 aromatic carbocycles. The van der Waals surface area contributed by atoms with Crippen molar-refractivity contribution >= 4 is 7.82 Å². The molecule has 7 heteroatoms. The minimum atomic E-state index is -3.16. The van der Waals surface area contributed by atoms with Gasteiger partial charge in [0.25, 0.3) is 0 Å². The predicted molar refractivity (Wildman–Crippen MR) is 47.2 cm³/mol. The summed E-state index contributed by atoms with van der Waals surface area (Å²) in [6.07, 6.45) is 5.08. The van der Waals surface area contributed by atoms with Crippen LogP contribution in [0.2, 0.25) is 0 Å². The number of imidazole rings is 1. The summed E-state index contributed by atoms with van der Waals surface area (Å²) in [4.78, 5) is 6.42. The number of phosphoric ester groups is 1. The monoisotopic (exact) mass is 208 g/mol. The number of aromatic amines is 1. The van der Waals surface area contributed by atoms with E-state index in [1.54, 1.807) is 18.7 Å². The van der Waals surface area contributed by atoms with Crippen molar-refractivity contribution in [3.63, 3.8) is 0 Å². The van der Waals surface area contributed by atoms with Gasteiger partial charge < -0.3 is 4.98 Å². The van der Waals surface area contributed by atoms with E-state index in [9.17, 15) is 4.57 Å². The summed E-state index contributed by atoms with van der Waals surface area (Å²) in [7, 11) is 0.611. The minimum absolute atomic E-state index is 1.26. The second-order valence-electron chi connectivity index (χ2n) is 1.76. The van der Waals surface area contributed by atoms with Crippen LogP contribution in [0.15, 0.2) is 18.7 Å². The molecule has 0 aliphatic carbocycles. The Morgan fingerprint density at radius 2 is 1.77 bits per heavy atom. The van der Waals surface area contributed by atoms with E-state index in [1.807, 2.05) is 0 Å². The highest BCUT2D eigenvalue weighted by Crippen LogP contribution is 2.46. The van der Waals surface area contributed by atoms with Gasteiger partial charge in [-0.3, -0.25) is 13.6 Å². The SMILES string of the molecule is COP(=O)(OC)OC.c1c[nH]cn1. The van der Waals surface area contributed by atoms with Crippen LogP contribution in [0.1, 0.15) is 0 Å². The molecule has 1 rings (SSSR count). The number of nitrogens with zero attached hydrogens (tertiary/aromatic N) is 1. The minimum Gasteiger partial charge on any atom is -0.351 e. The lowest BCUT2D eigenvalue weighted by atomic mass is 11.0. The van der Waals surface area contributed by atoms with E-state index in [0.717, 1.165) is 0 Å². The van der Waals surface area contributed by atoms with E-state index in [1.165, 1.54) is 21.3 Å². The average molecular weight is 208 g/mol. The van der Waals surface area contributed by atoms with Gasteiger partial charge in [-0.05, 0) is 0 Å². The van der Waals surface area contributed by atoms with Crippen LogP contribution in [0.4, 0.5) is 0 Å². The van der Waals surface area contributed by atoms with Gasteiger partial charge in [0.05, 0.1) is 6.33 Å². The van der Waals surface area contributed by atoms with Gasteiger partial charge in [-0.1, -0.05) is 0 Å². The van der Waals surface area contributed by atoms with Crippen LogP contribution in [0.3, 0.4) is 0 Å². The van der Waals surface area contributed by atoms with Crippen LogP contribution in [0.5, 0.6) is 0 Å². The number of hydrogen-bond donors (Lipinski definition) is 1. The van der Waals surface area contributed by atoms with Gasteiger partial charge >= 0.3 is 7.82 Å². The van der Waals surface area contributed by atoms with Crippen molar-refractivity contribution in [3.05, 3.63) is 18.7 Å². The number of aromatic nitrogens is 2. The average Bonchev–Trinajstić information content (AvgIpc) is 2.75. The van der Waals surface area contributed by atoms with Gasteiger partial charge in [0.15, 0.2) is 0 Å². The quantitative estimate of drug-likeness (QED) is 0.761. The van der Waals surface area contributed by atoms with Gasteiger partial charge in [0.1, 0.15) is 0 Å². The molecule has 0 saturated heterocycles. The molecule has 0 spiro atoms. The molecular weight excluding hydrogens is 195 g/mol. The van der Waals surface area contributed by atoms with Gasteiger partial charge in [-0.2, -0.15) is 0 Å². The van der Waals surface area contributed by atoms with Crippen molar-refractivity contribution < 1.29 is 18.1 Å². The van der Waals surface area contributed by atoms with Crippen molar-refractivity contribution in [3.8, 4) is 0 Å². The fraction of sp³-hybridized carbons (Fsp3) is 0.500. The summed E-state index contributed by atoms with van der Waals surface area (Å²) in [6, 6.07) is 0. The number of hydrogen-bond acceptors (Lipinski definition) is 5. The van der Waals surface area contributed by atoms with E-state index in [4.69, 9.17) is 0 Å². The highest BCUT2D eigenvalue weighted by Gasteiger charge is 2.18. The van der Waals surface area contributed by atoms with E-state index in [0.29, 0.717) is 0 Å². The van der Waals surface area contributed by atoms with Crippen LogP contribution < -0.4 is 0 Å². The maximum Gasteiger partial charge on any atom is 0.473 e. The molecule has 1 aromatic rings. The molecule has 1 N–H and O–H groups in total. The molecule has 0 fully saturated rings. The van der Waals surface area contributed by atoms with Gasteiger partial charge in [-0.25, -0.2) is 9.55 Å². The summed E-state index contributed by atoms with van der Waals surface area (Å²) in [5.74, 6) is 0. The number of nitrogens with one attached hydrogen (secondary N) is 1. The zero-order valence-electron chi connectivity index (χ0n) is 7.76. The second kappa shape index (κ2) is 6.80. The first-order valence-electron chi connectivity index (χ1n) is 3.38. The smallest absolute Gasteiger partial charge is 0.351 e. The Labute approximate surface area is 76.9 Å². The Morgan fingerprint density at radius 1 is 1.23 bits per heavy atom. The molecule has 0 saturated carbocycles. The predicted octanol–water partition coefficient (Wildman–Crippen LogP) is 1.44. The Bertz CT molecular complexity index is 203. The van der Waals surface area contributed by atoms with Gasteiger partial charge in [0, 0.05) is 33.7 Å². The first-order chi connectivity index (χ1) is 6.18. The molecular formula is C6H13N2O4P.